The lowest BCUT2D eigenvalue weighted by atomic mass is 10.3. The van der Waals surface area contributed by atoms with Gasteiger partial charge in [-0.05, 0) is 24.8 Å². The summed E-state index contributed by atoms with van der Waals surface area (Å²) in [6, 6.07) is 0. The largest absolute Gasteiger partial charge is 0.306 e. The number of fused-ring (bicyclic) bond motifs is 1. The molecule has 0 radical (unpaired) electrons. The van der Waals surface area contributed by atoms with E-state index in [1.165, 1.54) is 13.1 Å². The first kappa shape index (κ1) is 6.58. The summed E-state index contributed by atoms with van der Waals surface area (Å²) >= 11 is 0. The van der Waals surface area contributed by atoms with Crippen molar-refractivity contribution in [1.29, 1.82) is 0 Å². The van der Waals surface area contributed by atoms with Crippen LogP contribution in [-0.2, 0) is 0 Å². The molecule has 1 aliphatic carbocycles. The van der Waals surface area contributed by atoms with Crippen molar-refractivity contribution in [3.8, 4) is 0 Å². The van der Waals surface area contributed by atoms with Crippen LogP contribution >= 0.6 is 0 Å². The summed E-state index contributed by atoms with van der Waals surface area (Å²) in [5, 5.41) is 0. The van der Waals surface area contributed by atoms with Crippen molar-refractivity contribution in [2.45, 2.75) is 0 Å². The molecule has 0 bridgehead atoms. The number of nitrogens with two attached hydrogens (primary N) is 1. The van der Waals surface area contributed by atoms with E-state index in [9.17, 15) is 0 Å². The molecule has 10 heavy (non-hydrogen) atoms. The van der Waals surface area contributed by atoms with E-state index in [4.69, 9.17) is 5.84 Å². The Labute approximate surface area is 61.5 Å². The van der Waals surface area contributed by atoms with Crippen LogP contribution in [0, 0.1) is 17.8 Å². The van der Waals surface area contributed by atoms with Crippen LogP contribution in [0.4, 0.5) is 0 Å². The van der Waals surface area contributed by atoms with Crippen molar-refractivity contribution in [2.75, 3.05) is 26.7 Å². The smallest absolute Gasteiger partial charge is 0.0132 e. The molecule has 2 unspecified atom stereocenters. The maximum absolute atomic E-state index is 5.24. The fraction of sp³-hybridized carbons (Fsp3) is 1.00. The molecule has 0 spiro atoms. The molecule has 2 fully saturated rings. The summed E-state index contributed by atoms with van der Waals surface area (Å²) < 4.78 is 0. The standard InChI is InChI=1S/C7H15N3/c1-10-3-6-5(2-9-8)7(6)4-10/h5-7,9H,2-4,8H2,1H3. The third-order valence-corrected chi connectivity index (χ3v) is 2.91. The molecule has 0 aromatic carbocycles. The number of hydrogen-bond donors (Lipinski definition) is 2. The number of hydrogen-bond acceptors (Lipinski definition) is 3. The molecule has 1 heterocycles. The molecule has 3 nitrogen and oxygen atoms in total. The van der Waals surface area contributed by atoms with Gasteiger partial charge in [-0.3, -0.25) is 11.3 Å². The van der Waals surface area contributed by atoms with E-state index in [0.29, 0.717) is 0 Å². The van der Waals surface area contributed by atoms with E-state index in [0.717, 1.165) is 24.3 Å². The first-order valence-electron chi connectivity index (χ1n) is 3.95. The first-order valence-corrected chi connectivity index (χ1v) is 3.95. The molecule has 0 amide bonds. The normalized spacial score (nSPS) is 45.6. The topological polar surface area (TPSA) is 41.3 Å². The Hall–Kier alpha value is -0.120. The van der Waals surface area contributed by atoms with Gasteiger partial charge in [-0.25, -0.2) is 0 Å². The zero-order valence-electron chi connectivity index (χ0n) is 6.38. The van der Waals surface area contributed by atoms with Gasteiger partial charge in [0.1, 0.15) is 0 Å². The molecular formula is C7H15N3. The van der Waals surface area contributed by atoms with Crippen molar-refractivity contribution in [3.63, 3.8) is 0 Å². The lowest BCUT2D eigenvalue weighted by Crippen LogP contribution is -2.28. The van der Waals surface area contributed by atoms with Gasteiger partial charge in [0.2, 0.25) is 0 Å². The Morgan fingerprint density at radius 2 is 2.10 bits per heavy atom. The number of nitrogens with zero attached hydrogens (tertiary/aromatic N) is 1. The van der Waals surface area contributed by atoms with Gasteiger partial charge in [0.05, 0.1) is 0 Å². The fourth-order valence-corrected chi connectivity index (χ4v) is 2.30. The van der Waals surface area contributed by atoms with E-state index in [2.05, 4.69) is 17.4 Å². The monoisotopic (exact) mass is 141 g/mol. The summed E-state index contributed by atoms with van der Waals surface area (Å²) in [5.74, 6) is 8.05. The molecule has 2 atom stereocenters. The SMILES string of the molecule is CN1CC2C(CNN)C2C1. The zero-order chi connectivity index (χ0) is 7.14. The van der Waals surface area contributed by atoms with Gasteiger partial charge in [0.25, 0.3) is 0 Å². The van der Waals surface area contributed by atoms with E-state index < -0.39 is 0 Å². The minimum absolute atomic E-state index is 0.890. The average Bonchev–Trinajstić information content (AvgIpc) is 2.43. The summed E-state index contributed by atoms with van der Waals surface area (Å²) in [5.41, 5.74) is 2.75. The molecule has 1 saturated heterocycles. The second-order valence-electron chi connectivity index (χ2n) is 3.62. The fourth-order valence-electron chi connectivity index (χ4n) is 2.30. The summed E-state index contributed by atoms with van der Waals surface area (Å²) in [4.78, 5) is 2.41. The maximum atomic E-state index is 5.24. The average molecular weight is 141 g/mol. The van der Waals surface area contributed by atoms with Crippen molar-refractivity contribution >= 4 is 0 Å². The Kier molecular flexibility index (Phi) is 1.44. The van der Waals surface area contributed by atoms with E-state index in [1.54, 1.807) is 0 Å². The second-order valence-corrected chi connectivity index (χ2v) is 3.62. The molecule has 0 aromatic rings. The number of nitrogens with one attached hydrogen (secondary N) is 1. The molecule has 2 aliphatic rings. The van der Waals surface area contributed by atoms with Gasteiger partial charge in [-0.1, -0.05) is 0 Å². The van der Waals surface area contributed by atoms with Crippen LogP contribution in [0.1, 0.15) is 0 Å². The highest BCUT2D eigenvalue weighted by atomic mass is 15.2. The molecule has 0 aromatic heterocycles. The quantitative estimate of drug-likeness (QED) is 0.393. The first-order chi connectivity index (χ1) is 4.83. The summed E-state index contributed by atoms with van der Waals surface area (Å²) in [7, 11) is 2.19. The van der Waals surface area contributed by atoms with E-state index >= 15 is 0 Å². The van der Waals surface area contributed by atoms with Crippen LogP contribution in [0.3, 0.4) is 0 Å². The van der Waals surface area contributed by atoms with Crippen LogP contribution in [-0.4, -0.2) is 31.6 Å². The number of likely N-dealkylation sites (tertiary alicyclic amines) is 1. The molecule has 1 saturated carbocycles. The summed E-state index contributed by atoms with van der Waals surface area (Å²) in [6.45, 7) is 3.59. The highest BCUT2D eigenvalue weighted by Crippen LogP contribution is 2.50. The van der Waals surface area contributed by atoms with Crippen LogP contribution < -0.4 is 11.3 Å². The van der Waals surface area contributed by atoms with Gasteiger partial charge >= 0.3 is 0 Å². The van der Waals surface area contributed by atoms with E-state index in [-0.39, 0.29) is 0 Å². The number of piperidine rings is 1. The molecule has 3 heteroatoms. The molecule has 3 N–H and O–H groups in total. The van der Waals surface area contributed by atoms with Gasteiger partial charge in [-0.15, -0.1) is 0 Å². The van der Waals surface area contributed by atoms with Crippen LogP contribution in [0.15, 0.2) is 0 Å². The van der Waals surface area contributed by atoms with Gasteiger partial charge in [-0.2, -0.15) is 0 Å². The van der Waals surface area contributed by atoms with Gasteiger partial charge < -0.3 is 4.90 Å². The molecule has 58 valence electrons. The van der Waals surface area contributed by atoms with Crippen LogP contribution in [0.2, 0.25) is 0 Å². The maximum Gasteiger partial charge on any atom is 0.0132 e. The zero-order valence-corrected chi connectivity index (χ0v) is 6.38. The van der Waals surface area contributed by atoms with Crippen LogP contribution in [0.25, 0.3) is 0 Å². The van der Waals surface area contributed by atoms with Crippen molar-refractivity contribution < 1.29 is 0 Å². The molecule has 1 aliphatic heterocycles. The van der Waals surface area contributed by atoms with Crippen molar-refractivity contribution in [2.24, 2.45) is 23.6 Å². The lowest BCUT2D eigenvalue weighted by molar-refractivity contribution is 0.340. The lowest BCUT2D eigenvalue weighted by Gasteiger charge is -2.11. The van der Waals surface area contributed by atoms with Crippen molar-refractivity contribution in [3.05, 3.63) is 0 Å². The van der Waals surface area contributed by atoms with Crippen molar-refractivity contribution in [1.82, 2.24) is 10.3 Å². The minimum atomic E-state index is 0.890. The van der Waals surface area contributed by atoms with Gasteiger partial charge in [0, 0.05) is 19.6 Å². The molecular weight excluding hydrogens is 126 g/mol. The minimum Gasteiger partial charge on any atom is -0.306 e. The summed E-state index contributed by atoms with van der Waals surface area (Å²) in [6.07, 6.45) is 0. The van der Waals surface area contributed by atoms with Crippen LogP contribution in [0.5, 0.6) is 0 Å². The van der Waals surface area contributed by atoms with Gasteiger partial charge in [0.15, 0.2) is 0 Å². The number of hydrazine groups is 1. The Bertz CT molecular complexity index is 118. The predicted octanol–water partition coefficient (Wildman–Crippen LogP) is -0.743. The molecule has 2 rings (SSSR count). The Morgan fingerprint density at radius 3 is 2.60 bits per heavy atom. The second kappa shape index (κ2) is 2.19. The highest BCUT2D eigenvalue weighted by Gasteiger charge is 2.53. The van der Waals surface area contributed by atoms with E-state index in [1.807, 2.05) is 0 Å². The Morgan fingerprint density at radius 1 is 1.50 bits per heavy atom. The third-order valence-electron chi connectivity index (χ3n) is 2.91. The third kappa shape index (κ3) is 0.856. The number of rotatable bonds is 2. The Balaban J connectivity index is 1.81. The predicted molar refractivity (Wildman–Crippen MR) is 40.2 cm³/mol. The highest BCUT2D eigenvalue weighted by molar-refractivity contribution is 5.04.